The Hall–Kier alpha value is -1.11. The average Bonchev–Trinajstić information content (AvgIpc) is 2.48. The fourth-order valence-corrected chi connectivity index (χ4v) is 4.10. The van der Waals surface area contributed by atoms with Crippen LogP contribution in [-0.2, 0) is 14.8 Å². The maximum atomic E-state index is 12.7. The van der Waals surface area contributed by atoms with E-state index >= 15 is 0 Å². The van der Waals surface area contributed by atoms with E-state index in [4.69, 9.17) is 10.5 Å². The first-order valence-electron chi connectivity index (χ1n) is 7.43. The highest BCUT2D eigenvalue weighted by atomic mass is 32.2. The molecule has 6 heteroatoms. The van der Waals surface area contributed by atoms with E-state index in [2.05, 4.69) is 6.92 Å². The number of benzene rings is 1. The highest BCUT2D eigenvalue weighted by Gasteiger charge is 2.30. The van der Waals surface area contributed by atoms with Crippen LogP contribution >= 0.6 is 0 Å². The molecule has 5 nitrogen and oxygen atoms in total. The first-order valence-corrected chi connectivity index (χ1v) is 8.87. The molecule has 1 fully saturated rings. The van der Waals surface area contributed by atoms with Gasteiger partial charge in [-0.05, 0) is 49.9 Å². The Labute approximate surface area is 127 Å². The lowest BCUT2D eigenvalue weighted by molar-refractivity contribution is 0.0193. The molecule has 0 spiro atoms. The van der Waals surface area contributed by atoms with Gasteiger partial charge in [-0.1, -0.05) is 6.92 Å². The molecular formula is C15H24N2O3S. The largest absolute Gasteiger partial charge is 0.399 e. The molecule has 21 heavy (non-hydrogen) atoms. The van der Waals surface area contributed by atoms with Crippen LogP contribution in [-0.4, -0.2) is 38.5 Å². The Kier molecular flexibility index (Phi) is 5.24. The monoisotopic (exact) mass is 312 g/mol. The van der Waals surface area contributed by atoms with Crippen LogP contribution in [0.4, 0.5) is 5.69 Å². The minimum Gasteiger partial charge on any atom is -0.399 e. The van der Waals surface area contributed by atoms with Crippen molar-refractivity contribution in [2.45, 2.75) is 44.1 Å². The van der Waals surface area contributed by atoms with Crippen molar-refractivity contribution in [3.8, 4) is 0 Å². The molecule has 1 aliphatic rings. The summed E-state index contributed by atoms with van der Waals surface area (Å²) in [6.45, 7) is 5.54. The van der Waals surface area contributed by atoms with Crippen molar-refractivity contribution in [2.75, 3.05) is 25.4 Å². The van der Waals surface area contributed by atoms with E-state index in [0.29, 0.717) is 30.3 Å². The number of piperidine rings is 1. The average molecular weight is 312 g/mol. The first-order chi connectivity index (χ1) is 9.95. The molecule has 0 radical (unpaired) electrons. The lowest BCUT2D eigenvalue weighted by Crippen LogP contribution is -2.43. The SMILES string of the molecule is CCCOC1CCCN(S(=O)(=O)c2ccc(N)c(C)c2)C1. The van der Waals surface area contributed by atoms with Gasteiger partial charge >= 0.3 is 0 Å². The second-order valence-corrected chi connectivity index (χ2v) is 7.45. The van der Waals surface area contributed by atoms with Gasteiger partial charge < -0.3 is 10.5 Å². The predicted octanol–water partition coefficient (Wildman–Crippen LogP) is 2.16. The fraction of sp³-hybridized carbons (Fsp3) is 0.600. The number of ether oxygens (including phenoxy) is 1. The van der Waals surface area contributed by atoms with Gasteiger partial charge in [0, 0.05) is 25.4 Å². The summed E-state index contributed by atoms with van der Waals surface area (Å²) in [5, 5.41) is 0. The second kappa shape index (κ2) is 6.77. The van der Waals surface area contributed by atoms with Gasteiger partial charge in [-0.15, -0.1) is 0 Å². The van der Waals surface area contributed by atoms with Gasteiger partial charge in [0.25, 0.3) is 0 Å². The zero-order valence-corrected chi connectivity index (χ0v) is 13.5. The maximum absolute atomic E-state index is 12.7. The third kappa shape index (κ3) is 3.75. The van der Waals surface area contributed by atoms with E-state index in [-0.39, 0.29) is 6.10 Å². The number of nitrogen functional groups attached to an aromatic ring is 1. The molecule has 1 aromatic carbocycles. The number of hydrogen-bond acceptors (Lipinski definition) is 4. The Bertz CT molecular complexity index is 587. The lowest BCUT2D eigenvalue weighted by atomic mass is 10.1. The maximum Gasteiger partial charge on any atom is 0.243 e. The van der Waals surface area contributed by atoms with Crippen molar-refractivity contribution in [1.82, 2.24) is 4.31 Å². The van der Waals surface area contributed by atoms with Crippen LogP contribution in [0, 0.1) is 6.92 Å². The van der Waals surface area contributed by atoms with Gasteiger partial charge in [0.2, 0.25) is 10.0 Å². The van der Waals surface area contributed by atoms with E-state index in [0.717, 1.165) is 24.8 Å². The molecule has 1 heterocycles. The summed E-state index contributed by atoms with van der Waals surface area (Å²) in [6.07, 6.45) is 2.71. The quantitative estimate of drug-likeness (QED) is 0.846. The molecule has 0 aliphatic carbocycles. The highest BCUT2D eigenvalue weighted by Crippen LogP contribution is 2.24. The molecular weight excluding hydrogens is 288 g/mol. The van der Waals surface area contributed by atoms with Gasteiger partial charge in [0.05, 0.1) is 11.0 Å². The van der Waals surface area contributed by atoms with Gasteiger partial charge in [0.15, 0.2) is 0 Å². The number of nitrogens with two attached hydrogens (primary N) is 1. The Morgan fingerprint density at radius 2 is 2.19 bits per heavy atom. The normalized spacial score (nSPS) is 20.6. The Morgan fingerprint density at radius 3 is 2.86 bits per heavy atom. The summed E-state index contributed by atoms with van der Waals surface area (Å²) in [5.41, 5.74) is 7.15. The number of nitrogens with zero attached hydrogens (tertiary/aromatic N) is 1. The summed E-state index contributed by atoms with van der Waals surface area (Å²) in [7, 11) is -3.46. The third-order valence-electron chi connectivity index (χ3n) is 3.78. The smallest absolute Gasteiger partial charge is 0.243 e. The minimum absolute atomic E-state index is 0.00311. The fourth-order valence-electron chi connectivity index (χ4n) is 2.50. The standard InChI is InChI=1S/C15H24N2O3S/c1-3-9-20-13-5-4-8-17(11-13)21(18,19)14-6-7-15(16)12(2)10-14/h6-7,10,13H,3-5,8-9,11,16H2,1-2H3. The summed E-state index contributed by atoms with van der Waals surface area (Å²) in [4.78, 5) is 0.311. The molecule has 1 unspecified atom stereocenters. The van der Waals surface area contributed by atoms with Crippen molar-refractivity contribution in [3.63, 3.8) is 0 Å². The van der Waals surface area contributed by atoms with Crippen molar-refractivity contribution in [1.29, 1.82) is 0 Å². The Balaban J connectivity index is 2.16. The third-order valence-corrected chi connectivity index (χ3v) is 5.64. The summed E-state index contributed by atoms with van der Waals surface area (Å²) in [6, 6.07) is 4.87. The van der Waals surface area contributed by atoms with Crippen LogP contribution < -0.4 is 5.73 Å². The van der Waals surface area contributed by atoms with E-state index in [9.17, 15) is 8.42 Å². The zero-order chi connectivity index (χ0) is 15.5. The van der Waals surface area contributed by atoms with E-state index in [1.807, 2.05) is 6.92 Å². The van der Waals surface area contributed by atoms with Crippen LogP contribution in [0.2, 0.25) is 0 Å². The molecule has 2 N–H and O–H groups in total. The minimum atomic E-state index is -3.46. The van der Waals surface area contributed by atoms with Crippen LogP contribution in [0.15, 0.2) is 23.1 Å². The van der Waals surface area contributed by atoms with Crippen molar-refractivity contribution >= 4 is 15.7 Å². The second-order valence-electron chi connectivity index (χ2n) is 5.52. The molecule has 1 atom stereocenters. The molecule has 0 bridgehead atoms. The van der Waals surface area contributed by atoms with Gasteiger partial charge in [0.1, 0.15) is 0 Å². The van der Waals surface area contributed by atoms with Crippen LogP contribution in [0.5, 0.6) is 0 Å². The van der Waals surface area contributed by atoms with Crippen LogP contribution in [0.25, 0.3) is 0 Å². The highest BCUT2D eigenvalue weighted by molar-refractivity contribution is 7.89. The Morgan fingerprint density at radius 1 is 1.43 bits per heavy atom. The molecule has 2 rings (SSSR count). The lowest BCUT2D eigenvalue weighted by Gasteiger charge is -2.32. The molecule has 118 valence electrons. The molecule has 0 saturated carbocycles. The first kappa shape index (κ1) is 16.3. The summed E-state index contributed by atoms with van der Waals surface area (Å²) in [5.74, 6) is 0. The predicted molar refractivity (Wildman–Crippen MR) is 83.6 cm³/mol. The van der Waals surface area contributed by atoms with Crippen molar-refractivity contribution in [3.05, 3.63) is 23.8 Å². The van der Waals surface area contributed by atoms with E-state index in [1.54, 1.807) is 18.2 Å². The molecule has 1 aromatic rings. The molecule has 1 aliphatic heterocycles. The topological polar surface area (TPSA) is 72.6 Å². The number of sulfonamides is 1. The van der Waals surface area contributed by atoms with Gasteiger partial charge in [-0.25, -0.2) is 8.42 Å². The van der Waals surface area contributed by atoms with Gasteiger partial charge in [-0.3, -0.25) is 0 Å². The number of aryl methyl sites for hydroxylation is 1. The van der Waals surface area contributed by atoms with Crippen LogP contribution in [0.1, 0.15) is 31.7 Å². The van der Waals surface area contributed by atoms with Crippen molar-refractivity contribution < 1.29 is 13.2 Å². The van der Waals surface area contributed by atoms with Gasteiger partial charge in [-0.2, -0.15) is 4.31 Å². The molecule has 0 aromatic heterocycles. The van der Waals surface area contributed by atoms with Crippen molar-refractivity contribution in [2.24, 2.45) is 0 Å². The van der Waals surface area contributed by atoms with Crippen LogP contribution in [0.3, 0.4) is 0 Å². The number of rotatable bonds is 5. The number of hydrogen-bond donors (Lipinski definition) is 1. The van der Waals surface area contributed by atoms with E-state index < -0.39 is 10.0 Å². The molecule has 1 saturated heterocycles. The molecule has 0 amide bonds. The van der Waals surface area contributed by atoms with E-state index in [1.165, 1.54) is 4.31 Å². The summed E-state index contributed by atoms with van der Waals surface area (Å²) >= 11 is 0. The number of anilines is 1. The summed E-state index contributed by atoms with van der Waals surface area (Å²) < 4.78 is 32.6. The zero-order valence-electron chi connectivity index (χ0n) is 12.7.